The number of hydrogen-bond acceptors (Lipinski definition) is 5. The smallest absolute Gasteiger partial charge is 0.240 e. The number of methoxy groups -OCH3 is 2. The van der Waals surface area contributed by atoms with Crippen LogP contribution in [0, 0.1) is 0 Å². The number of pyridine rings is 1. The second-order valence-electron chi connectivity index (χ2n) is 7.66. The van der Waals surface area contributed by atoms with Crippen molar-refractivity contribution in [2.75, 3.05) is 19.5 Å². The molecule has 1 heterocycles. The average Bonchev–Trinajstić information content (AvgIpc) is 2.81. The zero-order chi connectivity index (χ0) is 22.8. The van der Waals surface area contributed by atoms with Crippen molar-refractivity contribution >= 4 is 45.8 Å². The number of anilines is 1. The van der Waals surface area contributed by atoms with Crippen molar-refractivity contribution in [2.24, 2.45) is 5.73 Å². The van der Waals surface area contributed by atoms with Gasteiger partial charge in [-0.15, -0.1) is 12.4 Å². The van der Waals surface area contributed by atoms with Gasteiger partial charge in [0.1, 0.15) is 11.5 Å². The Bertz CT molecular complexity index is 1360. The number of nitrogens with one attached hydrogen (secondary N) is 1. The lowest BCUT2D eigenvalue weighted by molar-refractivity contribution is -0.117. The Hall–Kier alpha value is -3.55. The second kappa shape index (κ2) is 9.94. The van der Waals surface area contributed by atoms with Gasteiger partial charge >= 0.3 is 0 Å². The van der Waals surface area contributed by atoms with Gasteiger partial charge in [0.15, 0.2) is 5.43 Å². The van der Waals surface area contributed by atoms with E-state index in [0.29, 0.717) is 34.5 Å². The van der Waals surface area contributed by atoms with Gasteiger partial charge in [0.25, 0.3) is 0 Å². The molecule has 0 radical (unpaired) electrons. The number of para-hydroxylation sites is 1. The molecule has 0 fully saturated rings. The summed E-state index contributed by atoms with van der Waals surface area (Å²) in [6.45, 7) is 2.11. The molecule has 8 heteroatoms. The van der Waals surface area contributed by atoms with Crippen LogP contribution in [-0.2, 0) is 11.3 Å². The van der Waals surface area contributed by atoms with Crippen LogP contribution in [0.5, 0.6) is 11.5 Å². The molecule has 1 atom stereocenters. The van der Waals surface area contributed by atoms with Crippen molar-refractivity contribution < 1.29 is 14.3 Å². The van der Waals surface area contributed by atoms with E-state index in [1.165, 1.54) is 0 Å². The second-order valence-corrected chi connectivity index (χ2v) is 7.66. The summed E-state index contributed by atoms with van der Waals surface area (Å²) in [5.41, 5.74) is 8.64. The fraction of sp³-hybridized carbons (Fsp3) is 0.200. The topological polar surface area (TPSA) is 95.6 Å². The Labute approximate surface area is 197 Å². The van der Waals surface area contributed by atoms with E-state index in [2.05, 4.69) is 9.88 Å². The minimum atomic E-state index is -0.651. The Morgan fingerprint density at radius 3 is 2.24 bits per heavy atom. The Morgan fingerprint density at radius 2 is 1.61 bits per heavy atom. The molecule has 3 aromatic carbocycles. The SMILES string of the molecule is COc1cc(Cn2c3ccccc3c(=O)c3cc(NC(=O)C(C)N)ccc32)cc(OC)c1.Cl. The number of nitrogens with two attached hydrogens (primary N) is 1. The Kier molecular flexibility index (Phi) is 7.26. The van der Waals surface area contributed by atoms with Crippen LogP contribution in [0.1, 0.15) is 12.5 Å². The van der Waals surface area contributed by atoms with Gasteiger partial charge in [0.2, 0.25) is 5.91 Å². The number of nitrogens with zero attached hydrogens (tertiary/aromatic N) is 1. The highest BCUT2D eigenvalue weighted by molar-refractivity contribution is 5.99. The van der Waals surface area contributed by atoms with E-state index in [4.69, 9.17) is 15.2 Å². The lowest BCUT2D eigenvalue weighted by atomic mass is 10.1. The molecule has 1 aromatic heterocycles. The van der Waals surface area contributed by atoms with Gasteiger partial charge in [-0.25, -0.2) is 0 Å². The van der Waals surface area contributed by atoms with Gasteiger partial charge in [0.05, 0.1) is 31.3 Å². The standard InChI is InChI=1S/C25H25N3O4.ClH/c1-15(26)25(30)27-17-8-9-23-21(12-17)24(29)20-6-4-5-7-22(20)28(23)14-16-10-18(31-2)13-19(11-16)32-3;/h4-13,15H,14,26H2,1-3H3,(H,27,30);1H. The lowest BCUT2D eigenvalue weighted by Crippen LogP contribution is -2.32. The third kappa shape index (κ3) is 4.79. The van der Waals surface area contributed by atoms with Crippen LogP contribution in [0.2, 0.25) is 0 Å². The van der Waals surface area contributed by atoms with Crippen molar-refractivity contribution in [1.29, 1.82) is 0 Å². The van der Waals surface area contributed by atoms with Crippen molar-refractivity contribution in [1.82, 2.24) is 4.57 Å². The number of amides is 1. The fourth-order valence-electron chi connectivity index (χ4n) is 3.77. The molecule has 4 rings (SSSR count). The third-order valence-corrected chi connectivity index (χ3v) is 5.40. The van der Waals surface area contributed by atoms with Gasteiger partial charge in [-0.05, 0) is 55.0 Å². The number of hydrogen-bond donors (Lipinski definition) is 2. The first-order valence-corrected chi connectivity index (χ1v) is 10.2. The van der Waals surface area contributed by atoms with Crippen LogP contribution in [0.4, 0.5) is 5.69 Å². The molecule has 1 amide bonds. The highest BCUT2D eigenvalue weighted by Crippen LogP contribution is 2.27. The molecule has 7 nitrogen and oxygen atoms in total. The molecule has 3 N–H and O–H groups in total. The molecule has 172 valence electrons. The van der Waals surface area contributed by atoms with Crippen LogP contribution in [-0.4, -0.2) is 30.7 Å². The summed E-state index contributed by atoms with van der Waals surface area (Å²) in [7, 11) is 3.22. The van der Waals surface area contributed by atoms with Gasteiger partial charge < -0.3 is 25.1 Å². The van der Waals surface area contributed by atoms with Gasteiger partial charge in [-0.1, -0.05) is 12.1 Å². The van der Waals surface area contributed by atoms with E-state index >= 15 is 0 Å². The van der Waals surface area contributed by atoms with Crippen LogP contribution >= 0.6 is 12.4 Å². The summed E-state index contributed by atoms with van der Waals surface area (Å²) < 4.78 is 12.9. The van der Waals surface area contributed by atoms with Gasteiger partial charge in [0, 0.05) is 29.1 Å². The number of carbonyl (C=O) groups is 1. The highest BCUT2D eigenvalue weighted by Gasteiger charge is 2.14. The first-order valence-electron chi connectivity index (χ1n) is 10.2. The molecule has 0 aliphatic heterocycles. The zero-order valence-electron chi connectivity index (χ0n) is 18.6. The Morgan fingerprint density at radius 1 is 0.970 bits per heavy atom. The largest absolute Gasteiger partial charge is 0.497 e. The summed E-state index contributed by atoms with van der Waals surface area (Å²) in [5, 5.41) is 3.88. The van der Waals surface area contributed by atoms with Crippen LogP contribution in [0.3, 0.4) is 0 Å². The third-order valence-electron chi connectivity index (χ3n) is 5.40. The van der Waals surface area contributed by atoms with Crippen molar-refractivity contribution in [2.45, 2.75) is 19.5 Å². The van der Waals surface area contributed by atoms with Crippen molar-refractivity contribution in [3.63, 3.8) is 0 Å². The zero-order valence-corrected chi connectivity index (χ0v) is 19.4. The normalized spacial score (nSPS) is 11.6. The molecule has 4 aromatic rings. The van der Waals surface area contributed by atoms with Gasteiger partial charge in [-0.3, -0.25) is 9.59 Å². The van der Waals surface area contributed by atoms with E-state index in [-0.39, 0.29) is 23.7 Å². The molecule has 0 aliphatic rings. The molecule has 33 heavy (non-hydrogen) atoms. The fourth-order valence-corrected chi connectivity index (χ4v) is 3.77. The molecule has 0 bridgehead atoms. The minimum absolute atomic E-state index is 0. The van der Waals surface area contributed by atoms with Crippen LogP contribution in [0.15, 0.2) is 65.5 Å². The van der Waals surface area contributed by atoms with E-state index in [0.717, 1.165) is 16.6 Å². The maximum absolute atomic E-state index is 13.3. The van der Waals surface area contributed by atoms with E-state index in [1.807, 2.05) is 48.5 Å². The molecule has 0 spiro atoms. The minimum Gasteiger partial charge on any atom is -0.497 e. The van der Waals surface area contributed by atoms with Crippen LogP contribution < -0.4 is 26.0 Å². The molecule has 0 saturated heterocycles. The number of aromatic nitrogens is 1. The molecule has 0 saturated carbocycles. The molecular weight excluding hydrogens is 442 g/mol. The highest BCUT2D eigenvalue weighted by atomic mass is 35.5. The van der Waals surface area contributed by atoms with Gasteiger partial charge in [-0.2, -0.15) is 0 Å². The lowest BCUT2D eigenvalue weighted by Gasteiger charge is -2.17. The summed E-state index contributed by atoms with van der Waals surface area (Å²) in [5.74, 6) is 1.07. The quantitative estimate of drug-likeness (QED) is 0.419. The maximum atomic E-state index is 13.3. The number of carbonyl (C=O) groups excluding carboxylic acids is 1. The summed E-state index contributed by atoms with van der Waals surface area (Å²) in [4.78, 5) is 25.3. The summed E-state index contributed by atoms with van der Waals surface area (Å²) >= 11 is 0. The number of ether oxygens (including phenoxy) is 2. The predicted molar refractivity (Wildman–Crippen MR) is 134 cm³/mol. The molecule has 0 aliphatic carbocycles. The van der Waals surface area contributed by atoms with Crippen LogP contribution in [0.25, 0.3) is 21.8 Å². The predicted octanol–water partition coefficient (Wildman–Crippen LogP) is 3.93. The average molecular weight is 468 g/mol. The monoisotopic (exact) mass is 467 g/mol. The Balaban J connectivity index is 0.00000306. The molecule has 1 unspecified atom stereocenters. The maximum Gasteiger partial charge on any atom is 0.240 e. The summed E-state index contributed by atoms with van der Waals surface area (Å²) in [6, 6.07) is 17.9. The van der Waals surface area contributed by atoms with E-state index in [1.54, 1.807) is 33.3 Å². The first kappa shape index (κ1) is 24.1. The summed E-state index contributed by atoms with van der Waals surface area (Å²) in [6.07, 6.45) is 0. The first-order chi connectivity index (χ1) is 15.4. The van der Waals surface area contributed by atoms with Crippen molar-refractivity contribution in [3.05, 3.63) is 76.5 Å². The number of benzene rings is 3. The van der Waals surface area contributed by atoms with E-state index in [9.17, 15) is 9.59 Å². The number of fused-ring (bicyclic) bond motifs is 2. The number of rotatable bonds is 6. The van der Waals surface area contributed by atoms with Crippen molar-refractivity contribution in [3.8, 4) is 11.5 Å². The number of halogens is 1. The van der Waals surface area contributed by atoms with E-state index < -0.39 is 6.04 Å². The molecular formula is C25H26ClN3O4.